The van der Waals surface area contributed by atoms with Crippen LogP contribution in [0.2, 0.25) is 0 Å². The van der Waals surface area contributed by atoms with Crippen molar-refractivity contribution in [2.75, 3.05) is 0 Å². The van der Waals surface area contributed by atoms with E-state index in [-0.39, 0.29) is 35.9 Å². The molecule has 1 saturated heterocycles. The van der Waals surface area contributed by atoms with Gasteiger partial charge in [0.2, 0.25) is 11.8 Å². The van der Waals surface area contributed by atoms with E-state index in [2.05, 4.69) is 19.2 Å². The second-order valence-electron chi connectivity index (χ2n) is 7.07. The fraction of sp³-hybridized carbons (Fsp3) is 0.882. The number of nitrogens with zero attached hydrogens (tertiary/aromatic N) is 1. The van der Waals surface area contributed by atoms with Crippen molar-refractivity contribution >= 4 is 11.8 Å². The summed E-state index contributed by atoms with van der Waals surface area (Å²) in [4.78, 5) is 27.3. The second kappa shape index (κ2) is 6.80. The Morgan fingerprint density at radius 3 is 2.33 bits per heavy atom. The average molecular weight is 294 g/mol. The van der Waals surface area contributed by atoms with Crippen LogP contribution in [-0.2, 0) is 9.59 Å². The first-order chi connectivity index (χ1) is 9.97. The Bertz CT molecular complexity index is 388. The van der Waals surface area contributed by atoms with Crippen molar-refractivity contribution in [2.45, 2.75) is 84.3 Å². The van der Waals surface area contributed by atoms with Gasteiger partial charge in [-0.3, -0.25) is 9.59 Å². The predicted molar refractivity (Wildman–Crippen MR) is 83.7 cm³/mol. The lowest BCUT2D eigenvalue weighted by Crippen LogP contribution is -2.67. The Hall–Kier alpha value is -1.06. The fourth-order valence-corrected chi connectivity index (χ4v) is 3.99. The molecule has 120 valence electrons. The molecule has 3 atom stereocenters. The molecule has 21 heavy (non-hydrogen) atoms. The fourth-order valence-electron chi connectivity index (χ4n) is 3.99. The van der Waals surface area contributed by atoms with Crippen molar-refractivity contribution in [2.24, 2.45) is 11.8 Å². The van der Waals surface area contributed by atoms with Crippen LogP contribution in [0.1, 0.15) is 66.2 Å². The SMILES string of the molecule is CCCC1NC(=O)C(C(C)C)N(C(C)C2CCCC2)C1=O. The quantitative estimate of drug-likeness (QED) is 0.847. The van der Waals surface area contributed by atoms with E-state index in [1.165, 1.54) is 25.7 Å². The van der Waals surface area contributed by atoms with Gasteiger partial charge in [0.25, 0.3) is 0 Å². The molecule has 0 aromatic carbocycles. The molecule has 0 radical (unpaired) electrons. The van der Waals surface area contributed by atoms with Crippen LogP contribution < -0.4 is 5.32 Å². The van der Waals surface area contributed by atoms with Crippen LogP contribution in [0.15, 0.2) is 0 Å². The molecule has 2 aliphatic rings. The third kappa shape index (κ3) is 3.24. The number of nitrogens with one attached hydrogen (secondary N) is 1. The van der Waals surface area contributed by atoms with E-state index in [1.807, 2.05) is 18.7 Å². The standard InChI is InChI=1S/C17H30N2O2/c1-5-8-14-17(21)19(12(4)13-9-6-7-10-13)15(11(2)3)16(20)18-14/h11-15H,5-10H2,1-4H3,(H,18,20). The summed E-state index contributed by atoms with van der Waals surface area (Å²) >= 11 is 0. The Morgan fingerprint density at radius 2 is 1.81 bits per heavy atom. The van der Waals surface area contributed by atoms with E-state index in [1.54, 1.807) is 0 Å². The number of hydrogen-bond donors (Lipinski definition) is 1. The number of amides is 2. The van der Waals surface area contributed by atoms with Gasteiger partial charge >= 0.3 is 0 Å². The monoisotopic (exact) mass is 294 g/mol. The highest BCUT2D eigenvalue weighted by atomic mass is 16.2. The highest BCUT2D eigenvalue weighted by Crippen LogP contribution is 2.33. The van der Waals surface area contributed by atoms with Gasteiger partial charge in [-0.25, -0.2) is 0 Å². The van der Waals surface area contributed by atoms with Gasteiger partial charge < -0.3 is 10.2 Å². The van der Waals surface area contributed by atoms with Crippen LogP contribution in [-0.4, -0.2) is 34.8 Å². The molecule has 2 amide bonds. The zero-order valence-electron chi connectivity index (χ0n) is 13.9. The molecule has 1 saturated carbocycles. The number of piperazine rings is 1. The molecule has 0 bridgehead atoms. The Labute approximate surface area is 128 Å². The molecule has 1 heterocycles. The normalized spacial score (nSPS) is 29.1. The summed E-state index contributed by atoms with van der Waals surface area (Å²) in [5.74, 6) is 0.881. The minimum atomic E-state index is -0.318. The van der Waals surface area contributed by atoms with E-state index in [9.17, 15) is 9.59 Å². The van der Waals surface area contributed by atoms with Crippen LogP contribution in [0.3, 0.4) is 0 Å². The Balaban J connectivity index is 2.24. The summed E-state index contributed by atoms with van der Waals surface area (Å²) < 4.78 is 0. The van der Waals surface area contributed by atoms with Crippen molar-refractivity contribution < 1.29 is 9.59 Å². The number of carbonyl (C=O) groups excluding carboxylic acids is 2. The summed E-state index contributed by atoms with van der Waals surface area (Å²) in [7, 11) is 0. The lowest BCUT2D eigenvalue weighted by molar-refractivity contribution is -0.155. The van der Waals surface area contributed by atoms with Gasteiger partial charge in [0.1, 0.15) is 12.1 Å². The second-order valence-corrected chi connectivity index (χ2v) is 7.07. The maximum atomic E-state index is 12.9. The van der Waals surface area contributed by atoms with Gasteiger partial charge in [0.15, 0.2) is 0 Å². The molecule has 2 rings (SSSR count). The molecule has 1 N–H and O–H groups in total. The van der Waals surface area contributed by atoms with Gasteiger partial charge in [-0.05, 0) is 38.0 Å². The summed E-state index contributed by atoms with van der Waals surface area (Å²) in [5.41, 5.74) is 0. The molecule has 1 aliphatic heterocycles. The lowest BCUT2D eigenvalue weighted by Gasteiger charge is -2.45. The zero-order chi connectivity index (χ0) is 15.6. The van der Waals surface area contributed by atoms with Gasteiger partial charge in [-0.15, -0.1) is 0 Å². The first kappa shape index (κ1) is 16.3. The van der Waals surface area contributed by atoms with E-state index < -0.39 is 0 Å². The molecule has 4 nitrogen and oxygen atoms in total. The maximum Gasteiger partial charge on any atom is 0.246 e. The third-order valence-electron chi connectivity index (χ3n) is 5.17. The molecule has 2 fully saturated rings. The smallest absolute Gasteiger partial charge is 0.246 e. The van der Waals surface area contributed by atoms with Crippen LogP contribution in [0.4, 0.5) is 0 Å². The number of hydrogen-bond acceptors (Lipinski definition) is 2. The largest absolute Gasteiger partial charge is 0.342 e. The summed E-state index contributed by atoms with van der Waals surface area (Å²) in [5, 5.41) is 2.94. The van der Waals surface area contributed by atoms with Gasteiger partial charge in [0, 0.05) is 6.04 Å². The summed E-state index contributed by atoms with van der Waals surface area (Å²) in [6, 6.07) is -0.444. The third-order valence-corrected chi connectivity index (χ3v) is 5.17. The number of rotatable bonds is 5. The molecular weight excluding hydrogens is 264 g/mol. The highest BCUT2D eigenvalue weighted by molar-refractivity contribution is 5.97. The van der Waals surface area contributed by atoms with Crippen molar-refractivity contribution in [3.05, 3.63) is 0 Å². The topological polar surface area (TPSA) is 49.4 Å². The molecule has 0 spiro atoms. The molecule has 4 heteroatoms. The molecule has 3 unspecified atom stereocenters. The van der Waals surface area contributed by atoms with Crippen molar-refractivity contribution in [1.29, 1.82) is 0 Å². The first-order valence-corrected chi connectivity index (χ1v) is 8.59. The van der Waals surface area contributed by atoms with E-state index in [0.29, 0.717) is 5.92 Å². The summed E-state index contributed by atoms with van der Waals surface area (Å²) in [6.07, 6.45) is 6.55. The van der Waals surface area contributed by atoms with E-state index in [0.717, 1.165) is 12.8 Å². The van der Waals surface area contributed by atoms with Crippen molar-refractivity contribution in [1.82, 2.24) is 10.2 Å². The average Bonchev–Trinajstić information content (AvgIpc) is 2.95. The number of carbonyl (C=O) groups is 2. The maximum absolute atomic E-state index is 12.9. The van der Waals surface area contributed by atoms with Gasteiger partial charge in [0.05, 0.1) is 0 Å². The van der Waals surface area contributed by atoms with Gasteiger partial charge in [-0.1, -0.05) is 40.0 Å². The van der Waals surface area contributed by atoms with Crippen LogP contribution in [0.25, 0.3) is 0 Å². The lowest BCUT2D eigenvalue weighted by atomic mass is 9.89. The summed E-state index contributed by atoms with van der Waals surface area (Å²) in [6.45, 7) is 8.27. The first-order valence-electron chi connectivity index (χ1n) is 8.59. The minimum Gasteiger partial charge on any atom is -0.342 e. The van der Waals surface area contributed by atoms with Gasteiger partial charge in [-0.2, -0.15) is 0 Å². The predicted octanol–water partition coefficient (Wildman–Crippen LogP) is 2.72. The Kier molecular flexibility index (Phi) is 5.28. The van der Waals surface area contributed by atoms with Crippen molar-refractivity contribution in [3.8, 4) is 0 Å². The van der Waals surface area contributed by atoms with Crippen LogP contribution in [0.5, 0.6) is 0 Å². The van der Waals surface area contributed by atoms with Crippen LogP contribution in [0, 0.1) is 11.8 Å². The van der Waals surface area contributed by atoms with E-state index in [4.69, 9.17) is 0 Å². The minimum absolute atomic E-state index is 0.0351. The zero-order valence-corrected chi connectivity index (χ0v) is 13.9. The van der Waals surface area contributed by atoms with E-state index >= 15 is 0 Å². The van der Waals surface area contributed by atoms with Crippen LogP contribution >= 0.6 is 0 Å². The molecular formula is C17H30N2O2. The molecule has 0 aromatic heterocycles. The molecule has 0 aromatic rings. The molecule has 1 aliphatic carbocycles. The van der Waals surface area contributed by atoms with Crippen molar-refractivity contribution in [3.63, 3.8) is 0 Å². The Morgan fingerprint density at radius 1 is 1.19 bits per heavy atom. The highest BCUT2D eigenvalue weighted by Gasteiger charge is 2.45.